The van der Waals surface area contributed by atoms with Crippen LogP contribution in [-0.2, 0) is 0 Å². The van der Waals surface area contributed by atoms with E-state index in [0.717, 1.165) is 18.2 Å². The highest BCUT2D eigenvalue weighted by Gasteiger charge is 2.57. The fourth-order valence-corrected chi connectivity index (χ4v) is 1.43. The predicted molar refractivity (Wildman–Crippen MR) is 51.4 cm³/mol. The number of benzene rings is 1. The largest absolute Gasteiger partial charge is 0.404 e. The Labute approximate surface area is 93.6 Å². The summed E-state index contributed by atoms with van der Waals surface area (Å²) < 4.78 is 74.3. The fraction of sp³-hybridized carbons (Fsp3) is 0.273. The molecule has 0 radical (unpaired) electrons. The van der Waals surface area contributed by atoms with Crippen LogP contribution in [0.5, 0.6) is 0 Å². The summed E-state index contributed by atoms with van der Waals surface area (Å²) in [6.07, 6.45) is -9.54. The molecule has 17 heavy (non-hydrogen) atoms. The molecule has 0 saturated carbocycles. The minimum absolute atomic E-state index is 0.209. The summed E-state index contributed by atoms with van der Waals surface area (Å²) in [6.45, 7) is 3.29. The van der Waals surface area contributed by atoms with E-state index in [-0.39, 0.29) is 5.56 Å². The van der Waals surface area contributed by atoms with E-state index in [0.29, 0.717) is 0 Å². The zero-order chi connectivity index (χ0) is 13.3. The lowest BCUT2D eigenvalue weighted by atomic mass is 9.96. The van der Waals surface area contributed by atoms with Crippen molar-refractivity contribution in [2.45, 2.75) is 18.3 Å². The molecule has 1 aromatic rings. The van der Waals surface area contributed by atoms with Crippen LogP contribution in [0.4, 0.5) is 26.3 Å². The normalized spacial score (nSPS) is 12.9. The van der Waals surface area contributed by atoms with Crippen LogP contribution in [0.25, 0.3) is 6.08 Å². The predicted octanol–water partition coefficient (Wildman–Crippen LogP) is 4.54. The molecule has 0 spiro atoms. The van der Waals surface area contributed by atoms with Crippen molar-refractivity contribution < 1.29 is 26.3 Å². The molecule has 0 N–H and O–H groups in total. The Morgan fingerprint density at radius 2 is 1.53 bits per heavy atom. The van der Waals surface area contributed by atoms with E-state index in [2.05, 4.69) is 6.58 Å². The Morgan fingerprint density at radius 3 is 1.94 bits per heavy atom. The molecule has 1 rings (SSSR count). The van der Waals surface area contributed by atoms with Crippen molar-refractivity contribution >= 4 is 6.08 Å². The quantitative estimate of drug-likeness (QED) is 0.680. The van der Waals surface area contributed by atoms with Crippen LogP contribution in [0.3, 0.4) is 0 Å². The van der Waals surface area contributed by atoms with Crippen molar-refractivity contribution in [3.8, 4) is 0 Å². The summed E-state index contributed by atoms with van der Waals surface area (Å²) in [4.78, 5) is 0. The summed E-state index contributed by atoms with van der Waals surface area (Å²) in [5.41, 5.74) is -0.622. The maximum atomic E-state index is 12.4. The van der Waals surface area contributed by atoms with Gasteiger partial charge in [0.15, 0.2) is 5.92 Å². The van der Waals surface area contributed by atoms with Crippen LogP contribution in [0.1, 0.15) is 17.0 Å². The summed E-state index contributed by atoms with van der Waals surface area (Å²) in [6, 6.07) is 4.15. The number of halogens is 6. The molecule has 1 aromatic carbocycles. The van der Waals surface area contributed by atoms with E-state index in [9.17, 15) is 26.3 Å². The molecule has 0 aromatic heterocycles. The van der Waals surface area contributed by atoms with Crippen LogP contribution < -0.4 is 0 Å². The molecule has 0 aliphatic heterocycles. The van der Waals surface area contributed by atoms with E-state index < -0.39 is 23.8 Å². The van der Waals surface area contributed by atoms with Crippen molar-refractivity contribution in [3.63, 3.8) is 0 Å². The van der Waals surface area contributed by atoms with Gasteiger partial charge in [0.1, 0.15) is 0 Å². The van der Waals surface area contributed by atoms with Gasteiger partial charge in [0, 0.05) is 0 Å². The monoisotopic (exact) mass is 254 g/mol. The van der Waals surface area contributed by atoms with Crippen molar-refractivity contribution in [1.29, 1.82) is 0 Å². The molecule has 0 bridgehead atoms. The van der Waals surface area contributed by atoms with Gasteiger partial charge in [-0.15, -0.1) is 0 Å². The number of hydrogen-bond acceptors (Lipinski definition) is 0. The van der Waals surface area contributed by atoms with Gasteiger partial charge in [0.05, 0.1) is 0 Å². The minimum atomic E-state index is -5.36. The smallest absolute Gasteiger partial charge is 0.170 e. The minimum Gasteiger partial charge on any atom is -0.170 e. The summed E-state index contributed by atoms with van der Waals surface area (Å²) >= 11 is 0. The molecule has 0 heterocycles. The average molecular weight is 254 g/mol. The van der Waals surface area contributed by atoms with Gasteiger partial charge in [0.25, 0.3) is 0 Å². The lowest BCUT2D eigenvalue weighted by molar-refractivity contribution is -0.253. The Balaban J connectivity index is 3.27. The van der Waals surface area contributed by atoms with Crippen molar-refractivity contribution in [3.05, 3.63) is 42.0 Å². The molecule has 0 amide bonds. The second-order valence-corrected chi connectivity index (χ2v) is 3.39. The summed E-state index contributed by atoms with van der Waals surface area (Å²) in [7, 11) is 0. The first-order valence-electron chi connectivity index (χ1n) is 4.52. The number of hydrogen-bond donors (Lipinski definition) is 0. The second kappa shape index (κ2) is 4.43. The van der Waals surface area contributed by atoms with E-state index >= 15 is 0 Å². The highest BCUT2D eigenvalue weighted by Crippen LogP contribution is 2.46. The third-order valence-electron chi connectivity index (χ3n) is 2.13. The van der Waals surface area contributed by atoms with Gasteiger partial charge in [-0.25, -0.2) is 0 Å². The topological polar surface area (TPSA) is 0 Å². The zero-order valence-electron chi connectivity index (χ0n) is 8.44. The van der Waals surface area contributed by atoms with E-state index in [1.54, 1.807) is 0 Å². The van der Waals surface area contributed by atoms with Gasteiger partial charge in [0.2, 0.25) is 0 Å². The second-order valence-electron chi connectivity index (χ2n) is 3.39. The number of alkyl halides is 6. The zero-order valence-corrected chi connectivity index (χ0v) is 8.44. The number of rotatable bonds is 2. The Hall–Kier alpha value is -1.46. The highest BCUT2D eigenvalue weighted by molar-refractivity contribution is 5.48. The van der Waals surface area contributed by atoms with Crippen molar-refractivity contribution in [2.75, 3.05) is 0 Å². The van der Waals surface area contributed by atoms with E-state index in [1.807, 2.05) is 0 Å². The van der Waals surface area contributed by atoms with Crippen LogP contribution in [-0.4, -0.2) is 12.4 Å². The first-order valence-corrected chi connectivity index (χ1v) is 4.52. The Kier molecular flexibility index (Phi) is 3.54. The molecule has 94 valence electrons. The van der Waals surface area contributed by atoms with E-state index in [4.69, 9.17) is 0 Å². The van der Waals surface area contributed by atoms with Gasteiger partial charge in [-0.1, -0.05) is 36.9 Å². The molecule has 0 atom stereocenters. The van der Waals surface area contributed by atoms with Crippen molar-refractivity contribution in [2.24, 2.45) is 0 Å². The van der Waals surface area contributed by atoms with Gasteiger partial charge in [-0.3, -0.25) is 0 Å². The Morgan fingerprint density at radius 1 is 1.00 bits per heavy atom. The molecule has 0 nitrogen and oxygen atoms in total. The third kappa shape index (κ3) is 3.25. The summed E-state index contributed by atoms with van der Waals surface area (Å²) in [5, 5.41) is 0. The molecule has 6 heteroatoms. The highest BCUT2D eigenvalue weighted by atomic mass is 19.4. The van der Waals surface area contributed by atoms with Crippen LogP contribution >= 0.6 is 0 Å². The molecule has 0 fully saturated rings. The Bertz CT molecular complexity index is 387. The fourth-order valence-electron chi connectivity index (χ4n) is 1.43. The maximum absolute atomic E-state index is 12.4. The third-order valence-corrected chi connectivity index (χ3v) is 2.13. The van der Waals surface area contributed by atoms with Crippen molar-refractivity contribution in [1.82, 2.24) is 0 Å². The molecule has 0 saturated heterocycles. The lowest BCUT2D eigenvalue weighted by Crippen LogP contribution is -2.34. The van der Waals surface area contributed by atoms with Gasteiger partial charge in [-0.05, 0) is 11.1 Å². The van der Waals surface area contributed by atoms with Crippen LogP contribution in [0.2, 0.25) is 0 Å². The average Bonchev–Trinajstić information content (AvgIpc) is 2.13. The van der Waals surface area contributed by atoms with Gasteiger partial charge < -0.3 is 0 Å². The molecule has 0 aliphatic rings. The molecule has 0 aliphatic carbocycles. The molecular weight excluding hydrogens is 246 g/mol. The van der Waals surface area contributed by atoms with Crippen LogP contribution in [0, 0.1) is 0 Å². The first-order chi connectivity index (χ1) is 7.66. The van der Waals surface area contributed by atoms with Gasteiger partial charge in [-0.2, -0.15) is 26.3 Å². The molecular formula is C11H8F6. The van der Waals surface area contributed by atoms with Crippen LogP contribution in [0.15, 0.2) is 30.8 Å². The lowest BCUT2D eigenvalue weighted by Gasteiger charge is -2.23. The molecule has 0 unspecified atom stereocenters. The first kappa shape index (κ1) is 13.6. The maximum Gasteiger partial charge on any atom is 0.404 e. The SMILES string of the molecule is C=Cc1cccc(C(C(F)(F)F)C(F)(F)F)c1. The van der Waals surface area contributed by atoms with Gasteiger partial charge >= 0.3 is 12.4 Å². The van der Waals surface area contributed by atoms with E-state index in [1.165, 1.54) is 12.1 Å². The standard InChI is InChI=1S/C11H8F6/c1-2-7-4-3-5-8(6-7)9(10(12,13)14)11(15,16)17/h2-6,9H,1H2. The summed E-state index contributed by atoms with van der Waals surface area (Å²) in [5.74, 6) is -3.46.